The van der Waals surface area contributed by atoms with Crippen LogP contribution < -0.4 is 0 Å². The third kappa shape index (κ3) is 4.58. The number of carboxylic acid groups (broad SMARTS) is 1. The maximum absolute atomic E-state index is 12.7. The molecule has 0 unspecified atom stereocenters. The number of likely N-dealkylation sites (tertiary alicyclic amines) is 1. The fourth-order valence-corrected chi connectivity index (χ4v) is 4.59. The van der Waals surface area contributed by atoms with E-state index in [4.69, 9.17) is 16.0 Å². The second-order valence-corrected chi connectivity index (χ2v) is 8.81. The molecule has 2 aliphatic rings. The van der Waals surface area contributed by atoms with Crippen LogP contribution in [0.4, 0.5) is 4.79 Å². The Hall–Kier alpha value is -3.04. The molecule has 166 valence electrons. The highest BCUT2D eigenvalue weighted by Crippen LogP contribution is 2.34. The van der Waals surface area contributed by atoms with E-state index in [1.807, 2.05) is 0 Å². The number of piperidine rings is 1. The summed E-state index contributed by atoms with van der Waals surface area (Å²) in [7, 11) is 0. The molecule has 0 spiro atoms. The van der Waals surface area contributed by atoms with Gasteiger partial charge in [0, 0.05) is 24.7 Å². The summed E-state index contributed by atoms with van der Waals surface area (Å²) in [4.78, 5) is 51.6. The first-order valence-corrected chi connectivity index (χ1v) is 11.2. The highest BCUT2D eigenvalue weighted by Gasteiger charge is 2.37. The third-order valence-electron chi connectivity index (χ3n) is 5.26. The van der Waals surface area contributed by atoms with Crippen molar-refractivity contribution >= 4 is 52.5 Å². The molecule has 4 rings (SSSR count). The molecule has 3 heterocycles. The summed E-state index contributed by atoms with van der Waals surface area (Å²) < 4.78 is 5.72. The molecule has 2 saturated heterocycles. The molecule has 2 fully saturated rings. The average molecular weight is 475 g/mol. The summed E-state index contributed by atoms with van der Waals surface area (Å²) in [6, 6.07) is 7.72. The summed E-state index contributed by atoms with van der Waals surface area (Å²) in [5.41, 5.74) is 0.452. The van der Waals surface area contributed by atoms with Crippen LogP contribution >= 0.6 is 23.4 Å². The quantitative estimate of drug-likeness (QED) is 0.642. The third-order valence-corrected chi connectivity index (χ3v) is 6.49. The van der Waals surface area contributed by atoms with Crippen molar-refractivity contribution in [2.75, 3.05) is 19.6 Å². The van der Waals surface area contributed by atoms with Crippen molar-refractivity contribution in [3.63, 3.8) is 0 Å². The number of furan rings is 1. The first-order chi connectivity index (χ1) is 15.3. The monoisotopic (exact) mass is 474 g/mol. The van der Waals surface area contributed by atoms with Crippen LogP contribution in [-0.4, -0.2) is 57.6 Å². The molecule has 10 heteroatoms. The lowest BCUT2D eigenvalue weighted by molar-refractivity contribution is -0.136. The van der Waals surface area contributed by atoms with Gasteiger partial charge in [-0.15, -0.1) is 0 Å². The van der Waals surface area contributed by atoms with E-state index in [1.165, 1.54) is 18.2 Å². The number of carbonyl (C=O) groups excluding carboxylic acids is 3. The molecule has 1 aromatic heterocycles. The molecule has 1 aromatic carbocycles. The van der Waals surface area contributed by atoms with E-state index in [9.17, 15) is 24.3 Å². The zero-order chi connectivity index (χ0) is 22.8. The number of imide groups is 1. The van der Waals surface area contributed by atoms with Crippen LogP contribution in [0.1, 0.15) is 35.4 Å². The Bertz CT molecular complexity index is 1140. The number of carbonyl (C=O) groups is 4. The fraction of sp³-hybridized carbons (Fsp3) is 0.273. The topological polar surface area (TPSA) is 108 Å². The highest BCUT2D eigenvalue weighted by molar-refractivity contribution is 8.18. The Morgan fingerprint density at radius 2 is 1.88 bits per heavy atom. The van der Waals surface area contributed by atoms with Gasteiger partial charge in [0.25, 0.3) is 11.1 Å². The van der Waals surface area contributed by atoms with Gasteiger partial charge in [0.2, 0.25) is 5.91 Å². The number of nitrogens with zero attached hydrogens (tertiary/aromatic N) is 2. The lowest BCUT2D eigenvalue weighted by Gasteiger charge is -2.27. The second-order valence-electron chi connectivity index (χ2n) is 7.41. The van der Waals surface area contributed by atoms with Crippen LogP contribution in [-0.2, 0) is 9.59 Å². The minimum atomic E-state index is -1.16. The number of carboxylic acids is 1. The summed E-state index contributed by atoms with van der Waals surface area (Å²) in [5.74, 6) is -1.22. The molecule has 3 amide bonds. The van der Waals surface area contributed by atoms with Crippen molar-refractivity contribution in [1.82, 2.24) is 9.80 Å². The van der Waals surface area contributed by atoms with E-state index in [0.717, 1.165) is 35.9 Å². The lowest BCUT2D eigenvalue weighted by atomic mass is 10.1. The van der Waals surface area contributed by atoms with Gasteiger partial charge in [-0.2, -0.15) is 0 Å². The zero-order valence-corrected chi connectivity index (χ0v) is 18.4. The van der Waals surface area contributed by atoms with E-state index in [2.05, 4.69) is 0 Å². The predicted molar refractivity (Wildman–Crippen MR) is 119 cm³/mol. The largest absolute Gasteiger partial charge is 0.478 e. The molecule has 1 N–H and O–H groups in total. The Morgan fingerprint density at radius 3 is 2.59 bits per heavy atom. The Morgan fingerprint density at radius 1 is 1.12 bits per heavy atom. The number of aromatic carboxylic acids is 1. The fourth-order valence-electron chi connectivity index (χ4n) is 3.57. The summed E-state index contributed by atoms with van der Waals surface area (Å²) in [5, 5.41) is 8.84. The van der Waals surface area contributed by atoms with Crippen LogP contribution in [0.3, 0.4) is 0 Å². The van der Waals surface area contributed by atoms with Gasteiger partial charge in [0.15, 0.2) is 0 Å². The number of rotatable bonds is 5. The molecule has 0 bridgehead atoms. The summed E-state index contributed by atoms with van der Waals surface area (Å²) >= 11 is 6.65. The number of halogens is 1. The molecule has 32 heavy (non-hydrogen) atoms. The Balaban J connectivity index is 1.49. The standard InChI is InChI=1S/C22H19ClN2O6S/c23-16-6-4-13(10-15(16)21(28)29)17-7-5-14(31-17)11-18-20(27)25(22(30)32-18)12-19(26)24-8-2-1-3-9-24/h4-7,10-11H,1-3,8-9,12H2,(H,28,29)/b18-11-. The van der Waals surface area contributed by atoms with Crippen molar-refractivity contribution in [1.29, 1.82) is 0 Å². The summed E-state index contributed by atoms with van der Waals surface area (Å²) in [6.07, 6.45) is 4.37. The number of hydrogen-bond donors (Lipinski definition) is 1. The van der Waals surface area contributed by atoms with E-state index in [0.29, 0.717) is 30.2 Å². The van der Waals surface area contributed by atoms with Gasteiger partial charge >= 0.3 is 5.97 Å². The van der Waals surface area contributed by atoms with Gasteiger partial charge < -0.3 is 14.4 Å². The molecule has 0 aliphatic carbocycles. The van der Waals surface area contributed by atoms with Gasteiger partial charge in [0.1, 0.15) is 18.1 Å². The molecule has 8 nitrogen and oxygen atoms in total. The van der Waals surface area contributed by atoms with Crippen molar-refractivity contribution in [3.05, 3.63) is 51.6 Å². The van der Waals surface area contributed by atoms with Crippen LogP contribution in [0.15, 0.2) is 39.7 Å². The maximum atomic E-state index is 12.7. The number of amides is 3. The van der Waals surface area contributed by atoms with E-state index in [1.54, 1.807) is 23.1 Å². The predicted octanol–water partition coefficient (Wildman–Crippen LogP) is 4.35. The van der Waals surface area contributed by atoms with Gasteiger partial charge in [-0.3, -0.25) is 19.3 Å². The zero-order valence-electron chi connectivity index (χ0n) is 16.9. The molecule has 0 radical (unpaired) electrons. The SMILES string of the molecule is O=C(O)c1cc(-c2ccc(/C=C3\SC(=O)N(CC(=O)N4CCCCC4)C3=O)o2)ccc1Cl. The van der Waals surface area contributed by atoms with Crippen molar-refractivity contribution in [3.8, 4) is 11.3 Å². The second kappa shape index (κ2) is 9.22. The number of hydrogen-bond acceptors (Lipinski definition) is 6. The number of thioether (sulfide) groups is 1. The molecule has 0 atom stereocenters. The van der Waals surface area contributed by atoms with Gasteiger partial charge in [-0.1, -0.05) is 11.6 Å². The van der Waals surface area contributed by atoms with Gasteiger partial charge in [0.05, 0.1) is 15.5 Å². The van der Waals surface area contributed by atoms with Gasteiger partial charge in [-0.05, 0) is 61.4 Å². The van der Waals surface area contributed by atoms with Crippen LogP contribution in [0.5, 0.6) is 0 Å². The van der Waals surface area contributed by atoms with E-state index < -0.39 is 17.1 Å². The molecule has 2 aliphatic heterocycles. The molecular formula is C22H19ClN2O6S. The van der Waals surface area contributed by atoms with Crippen molar-refractivity contribution in [2.24, 2.45) is 0 Å². The van der Waals surface area contributed by atoms with Crippen LogP contribution in [0.25, 0.3) is 17.4 Å². The maximum Gasteiger partial charge on any atom is 0.337 e. The minimum Gasteiger partial charge on any atom is -0.478 e. The highest BCUT2D eigenvalue weighted by atomic mass is 35.5. The van der Waals surface area contributed by atoms with Crippen molar-refractivity contribution in [2.45, 2.75) is 19.3 Å². The van der Waals surface area contributed by atoms with Crippen LogP contribution in [0.2, 0.25) is 5.02 Å². The average Bonchev–Trinajstić information content (AvgIpc) is 3.35. The normalized spacial score (nSPS) is 18.0. The smallest absolute Gasteiger partial charge is 0.337 e. The Labute approximate surface area is 192 Å². The molecular weight excluding hydrogens is 456 g/mol. The summed E-state index contributed by atoms with van der Waals surface area (Å²) in [6.45, 7) is 1.02. The van der Waals surface area contributed by atoms with Crippen molar-refractivity contribution < 1.29 is 28.7 Å². The number of benzene rings is 1. The van der Waals surface area contributed by atoms with E-state index >= 15 is 0 Å². The first kappa shape index (κ1) is 22.2. The molecule has 0 saturated carbocycles. The minimum absolute atomic E-state index is 0.0541. The first-order valence-electron chi connectivity index (χ1n) is 9.99. The van der Waals surface area contributed by atoms with E-state index in [-0.39, 0.29) is 27.9 Å². The Kier molecular flexibility index (Phi) is 6.38. The molecule has 2 aromatic rings. The van der Waals surface area contributed by atoms with Gasteiger partial charge in [-0.25, -0.2) is 4.79 Å². The lowest BCUT2D eigenvalue weighted by Crippen LogP contribution is -2.44. The van der Waals surface area contributed by atoms with Crippen LogP contribution in [0, 0.1) is 0 Å².